The van der Waals surface area contributed by atoms with Gasteiger partial charge in [0, 0.05) is 13.0 Å². The number of ether oxygens (including phenoxy) is 2. The smallest absolute Gasteiger partial charge is 0.162 e. The molecule has 4 heteroatoms. The van der Waals surface area contributed by atoms with Crippen LogP contribution >= 0.6 is 0 Å². The van der Waals surface area contributed by atoms with E-state index in [-0.39, 0.29) is 24.8 Å². The summed E-state index contributed by atoms with van der Waals surface area (Å²) in [6, 6.07) is 6.99. The first-order valence-electron chi connectivity index (χ1n) is 5.44. The zero-order valence-corrected chi connectivity index (χ0v) is 9.00. The third kappa shape index (κ3) is 2.95. The third-order valence-corrected chi connectivity index (χ3v) is 2.60. The zero-order chi connectivity index (χ0) is 11.4. The number of hydrogen-bond donors (Lipinski definition) is 2. The summed E-state index contributed by atoms with van der Waals surface area (Å²) in [6.07, 6.45) is 1.06. The van der Waals surface area contributed by atoms with E-state index in [0.717, 1.165) is 5.56 Å². The molecule has 2 unspecified atom stereocenters. The number of aliphatic hydroxyl groups is 1. The van der Waals surface area contributed by atoms with Gasteiger partial charge in [-0.3, -0.25) is 0 Å². The number of rotatable bonds is 4. The first kappa shape index (κ1) is 11.4. The summed E-state index contributed by atoms with van der Waals surface area (Å²) < 4.78 is 11.0. The van der Waals surface area contributed by atoms with Crippen LogP contribution in [0.3, 0.4) is 0 Å². The van der Waals surface area contributed by atoms with Gasteiger partial charge in [0.05, 0.1) is 12.7 Å². The lowest BCUT2D eigenvalue weighted by molar-refractivity contribution is -0.0583. The van der Waals surface area contributed by atoms with Crippen molar-refractivity contribution in [3.63, 3.8) is 0 Å². The van der Waals surface area contributed by atoms with Gasteiger partial charge in [0.15, 0.2) is 6.29 Å². The van der Waals surface area contributed by atoms with Crippen molar-refractivity contribution in [2.24, 2.45) is 0 Å². The molecule has 1 heterocycles. The molecule has 0 radical (unpaired) electrons. The van der Waals surface area contributed by atoms with Crippen molar-refractivity contribution >= 4 is 0 Å². The van der Waals surface area contributed by atoms with E-state index < -0.39 is 0 Å². The minimum Gasteiger partial charge on any atom is -0.508 e. The second-order valence-corrected chi connectivity index (χ2v) is 3.90. The van der Waals surface area contributed by atoms with Crippen molar-refractivity contribution in [1.29, 1.82) is 0 Å². The van der Waals surface area contributed by atoms with Crippen molar-refractivity contribution < 1.29 is 19.7 Å². The Morgan fingerprint density at radius 2 is 2.00 bits per heavy atom. The SMILES string of the molecule is OCCC1COC(Cc2ccc(O)cc2)O1. The van der Waals surface area contributed by atoms with Gasteiger partial charge >= 0.3 is 0 Å². The zero-order valence-electron chi connectivity index (χ0n) is 9.00. The van der Waals surface area contributed by atoms with Crippen LogP contribution in [0.1, 0.15) is 12.0 Å². The summed E-state index contributed by atoms with van der Waals surface area (Å²) in [5.74, 6) is 0.259. The lowest BCUT2D eigenvalue weighted by Gasteiger charge is -2.10. The van der Waals surface area contributed by atoms with Crippen molar-refractivity contribution in [2.75, 3.05) is 13.2 Å². The predicted octanol–water partition coefficient (Wildman–Crippen LogP) is 1.06. The van der Waals surface area contributed by atoms with Crippen molar-refractivity contribution in [3.8, 4) is 5.75 Å². The van der Waals surface area contributed by atoms with E-state index in [1.54, 1.807) is 12.1 Å². The van der Waals surface area contributed by atoms with Gasteiger partial charge in [-0.1, -0.05) is 12.1 Å². The van der Waals surface area contributed by atoms with Crippen LogP contribution in [0.25, 0.3) is 0 Å². The lowest BCUT2D eigenvalue weighted by atomic mass is 10.1. The van der Waals surface area contributed by atoms with Crippen LogP contribution in [-0.4, -0.2) is 35.8 Å². The van der Waals surface area contributed by atoms with E-state index in [4.69, 9.17) is 19.7 Å². The summed E-state index contributed by atoms with van der Waals surface area (Å²) in [7, 11) is 0. The fraction of sp³-hybridized carbons (Fsp3) is 0.500. The summed E-state index contributed by atoms with van der Waals surface area (Å²) >= 11 is 0. The van der Waals surface area contributed by atoms with Crippen LogP contribution in [0, 0.1) is 0 Å². The van der Waals surface area contributed by atoms with Gasteiger partial charge in [-0.2, -0.15) is 0 Å². The molecule has 0 saturated carbocycles. The molecule has 1 aliphatic rings. The van der Waals surface area contributed by atoms with E-state index in [2.05, 4.69) is 0 Å². The average molecular weight is 224 g/mol. The minimum atomic E-state index is -0.235. The quantitative estimate of drug-likeness (QED) is 0.802. The molecule has 1 aromatic rings. The maximum absolute atomic E-state index is 9.14. The normalized spacial score (nSPS) is 24.8. The highest BCUT2D eigenvalue weighted by Gasteiger charge is 2.25. The molecule has 1 fully saturated rings. The van der Waals surface area contributed by atoms with Crippen LogP contribution in [0.5, 0.6) is 5.75 Å². The maximum atomic E-state index is 9.14. The van der Waals surface area contributed by atoms with Gasteiger partial charge in [0.1, 0.15) is 5.75 Å². The van der Waals surface area contributed by atoms with Gasteiger partial charge in [-0.25, -0.2) is 0 Å². The fourth-order valence-electron chi connectivity index (χ4n) is 1.73. The fourth-order valence-corrected chi connectivity index (χ4v) is 1.73. The first-order valence-corrected chi connectivity index (χ1v) is 5.44. The summed E-state index contributed by atoms with van der Waals surface area (Å²) in [4.78, 5) is 0. The number of aromatic hydroxyl groups is 1. The van der Waals surface area contributed by atoms with Crippen LogP contribution in [0.2, 0.25) is 0 Å². The van der Waals surface area contributed by atoms with E-state index in [1.807, 2.05) is 12.1 Å². The Kier molecular flexibility index (Phi) is 3.77. The Balaban J connectivity index is 1.84. The summed E-state index contributed by atoms with van der Waals surface area (Å²) in [5.41, 5.74) is 1.06. The molecule has 2 N–H and O–H groups in total. The molecule has 4 nitrogen and oxygen atoms in total. The third-order valence-electron chi connectivity index (χ3n) is 2.60. The molecular weight excluding hydrogens is 208 g/mol. The Morgan fingerprint density at radius 1 is 1.25 bits per heavy atom. The number of phenols is 1. The topological polar surface area (TPSA) is 58.9 Å². The highest BCUT2D eigenvalue weighted by atomic mass is 16.7. The van der Waals surface area contributed by atoms with Crippen LogP contribution in [0.4, 0.5) is 0 Å². The van der Waals surface area contributed by atoms with Gasteiger partial charge in [-0.15, -0.1) is 0 Å². The molecule has 0 amide bonds. The van der Waals surface area contributed by atoms with Gasteiger partial charge in [-0.05, 0) is 24.1 Å². The lowest BCUT2D eigenvalue weighted by Crippen LogP contribution is -2.15. The number of benzene rings is 1. The second kappa shape index (κ2) is 5.30. The van der Waals surface area contributed by atoms with Crippen LogP contribution < -0.4 is 0 Å². The molecule has 1 aromatic carbocycles. The van der Waals surface area contributed by atoms with Crippen LogP contribution in [-0.2, 0) is 15.9 Å². The Bertz CT molecular complexity index is 322. The Labute approximate surface area is 94.4 Å². The molecule has 2 atom stereocenters. The molecule has 0 aromatic heterocycles. The molecule has 0 spiro atoms. The summed E-state index contributed by atoms with van der Waals surface area (Å²) in [5, 5.41) is 17.9. The summed E-state index contributed by atoms with van der Waals surface area (Å²) in [6.45, 7) is 0.670. The molecule has 1 saturated heterocycles. The van der Waals surface area contributed by atoms with E-state index in [0.29, 0.717) is 19.4 Å². The second-order valence-electron chi connectivity index (χ2n) is 3.90. The average Bonchev–Trinajstić information content (AvgIpc) is 2.70. The van der Waals surface area contributed by atoms with Crippen molar-refractivity contribution in [1.82, 2.24) is 0 Å². The number of hydrogen-bond acceptors (Lipinski definition) is 4. The largest absolute Gasteiger partial charge is 0.508 e. The molecule has 1 aliphatic heterocycles. The molecule has 0 bridgehead atoms. The van der Waals surface area contributed by atoms with Crippen molar-refractivity contribution in [2.45, 2.75) is 25.2 Å². The molecule has 88 valence electrons. The monoisotopic (exact) mass is 224 g/mol. The molecular formula is C12H16O4. The predicted molar refractivity (Wildman–Crippen MR) is 58.1 cm³/mol. The number of phenolic OH excluding ortho intramolecular Hbond substituents is 1. The van der Waals surface area contributed by atoms with Gasteiger partial charge < -0.3 is 19.7 Å². The van der Waals surface area contributed by atoms with E-state index in [9.17, 15) is 0 Å². The van der Waals surface area contributed by atoms with Crippen molar-refractivity contribution in [3.05, 3.63) is 29.8 Å². The highest BCUT2D eigenvalue weighted by molar-refractivity contribution is 5.26. The Morgan fingerprint density at radius 3 is 2.69 bits per heavy atom. The molecule has 16 heavy (non-hydrogen) atoms. The molecule has 0 aliphatic carbocycles. The number of aliphatic hydroxyl groups excluding tert-OH is 1. The van der Waals surface area contributed by atoms with Gasteiger partial charge in [0.25, 0.3) is 0 Å². The standard InChI is InChI=1S/C12H16O4/c13-6-5-11-8-15-12(16-11)7-9-1-3-10(14)4-2-9/h1-4,11-14H,5-8H2. The highest BCUT2D eigenvalue weighted by Crippen LogP contribution is 2.19. The van der Waals surface area contributed by atoms with Crippen LogP contribution in [0.15, 0.2) is 24.3 Å². The van der Waals surface area contributed by atoms with Gasteiger partial charge in [0.2, 0.25) is 0 Å². The van der Waals surface area contributed by atoms with E-state index >= 15 is 0 Å². The van der Waals surface area contributed by atoms with E-state index in [1.165, 1.54) is 0 Å². The maximum Gasteiger partial charge on any atom is 0.162 e. The minimum absolute atomic E-state index is 0.00659. The first-order chi connectivity index (χ1) is 7.78. The Hall–Kier alpha value is -1.10. The molecule has 2 rings (SSSR count).